The van der Waals surface area contributed by atoms with Gasteiger partial charge in [-0.1, -0.05) is 0 Å². The molecule has 1 aliphatic rings. The van der Waals surface area contributed by atoms with Gasteiger partial charge in [0.05, 0.1) is 19.4 Å². The molecule has 3 rings (SSSR count). The van der Waals surface area contributed by atoms with Crippen LogP contribution in [-0.4, -0.2) is 66.7 Å². The van der Waals surface area contributed by atoms with Crippen LogP contribution in [0.2, 0.25) is 0 Å². The maximum Gasteiger partial charge on any atom is 0.265 e. The largest absolute Gasteiger partial charge is 0.379 e. The molecule has 1 amide bonds. The van der Waals surface area contributed by atoms with Crippen molar-refractivity contribution in [3.63, 3.8) is 0 Å². The van der Waals surface area contributed by atoms with Crippen molar-refractivity contribution >= 4 is 27.3 Å². The van der Waals surface area contributed by atoms with Crippen molar-refractivity contribution in [2.45, 2.75) is 11.4 Å². The van der Waals surface area contributed by atoms with Gasteiger partial charge in [0.1, 0.15) is 9.77 Å². The van der Waals surface area contributed by atoms with Crippen LogP contribution in [0.5, 0.6) is 0 Å². The first-order valence-corrected chi connectivity index (χ1v) is 10.1. The second kappa shape index (κ2) is 7.24. The lowest BCUT2D eigenvalue weighted by molar-refractivity contribution is 0.0728. The van der Waals surface area contributed by atoms with Crippen LogP contribution in [0.25, 0.3) is 0 Å². The van der Waals surface area contributed by atoms with Gasteiger partial charge in [-0.3, -0.25) is 9.48 Å². The van der Waals surface area contributed by atoms with Crippen LogP contribution in [0.1, 0.15) is 15.2 Å². The van der Waals surface area contributed by atoms with Gasteiger partial charge in [0.15, 0.2) is 0 Å². The minimum absolute atomic E-state index is 0.0717. The summed E-state index contributed by atoms with van der Waals surface area (Å²) in [4.78, 5) is 14.6. The van der Waals surface area contributed by atoms with Gasteiger partial charge in [0.25, 0.3) is 5.91 Å². The summed E-state index contributed by atoms with van der Waals surface area (Å²) in [5.74, 6) is -0.314. The summed E-state index contributed by atoms with van der Waals surface area (Å²) >= 11 is 1.14. The van der Waals surface area contributed by atoms with Gasteiger partial charge in [0, 0.05) is 45.5 Å². The zero-order valence-electron chi connectivity index (χ0n) is 14.1. The number of ether oxygens (including phenoxy) is 1. The third-order valence-corrected chi connectivity index (χ3v) is 6.91. The van der Waals surface area contributed by atoms with Crippen LogP contribution in [0.3, 0.4) is 0 Å². The van der Waals surface area contributed by atoms with E-state index < -0.39 is 10.0 Å². The summed E-state index contributed by atoms with van der Waals surface area (Å²) < 4.78 is 33.9. The van der Waals surface area contributed by atoms with Gasteiger partial charge in [0.2, 0.25) is 10.0 Å². The van der Waals surface area contributed by atoms with E-state index in [0.717, 1.165) is 16.9 Å². The fraction of sp³-hybridized carbons (Fsp3) is 0.467. The number of carbonyl (C=O) groups excluding carboxylic acids is 1. The van der Waals surface area contributed by atoms with Gasteiger partial charge < -0.3 is 9.64 Å². The lowest BCUT2D eigenvalue weighted by Crippen LogP contribution is -2.41. The molecule has 0 N–H and O–H groups in total. The zero-order valence-corrected chi connectivity index (χ0v) is 15.7. The van der Waals surface area contributed by atoms with Crippen LogP contribution >= 0.6 is 11.3 Å². The molecule has 8 nitrogen and oxygen atoms in total. The lowest BCUT2D eigenvalue weighted by Gasteiger charge is -2.26. The Kier molecular flexibility index (Phi) is 5.23. The minimum atomic E-state index is -3.70. The number of aromatic nitrogens is 2. The third kappa shape index (κ3) is 3.76. The first kappa shape index (κ1) is 18.1. The number of rotatable bonds is 5. The zero-order chi connectivity index (χ0) is 18.0. The van der Waals surface area contributed by atoms with Crippen LogP contribution < -0.4 is 0 Å². The molecule has 0 aromatic carbocycles. The van der Waals surface area contributed by atoms with E-state index in [1.165, 1.54) is 15.3 Å². The Morgan fingerprint density at radius 1 is 1.40 bits per heavy atom. The number of amides is 1. The van der Waals surface area contributed by atoms with Crippen molar-refractivity contribution in [2.24, 2.45) is 7.05 Å². The highest BCUT2D eigenvalue weighted by Gasteiger charge is 2.32. The van der Waals surface area contributed by atoms with Crippen LogP contribution in [-0.2, 0) is 28.4 Å². The van der Waals surface area contributed by atoms with Crippen molar-refractivity contribution < 1.29 is 17.9 Å². The molecule has 0 unspecified atom stereocenters. The highest BCUT2D eigenvalue weighted by molar-refractivity contribution is 7.89. The number of nitrogens with zero attached hydrogens (tertiary/aromatic N) is 4. The summed E-state index contributed by atoms with van der Waals surface area (Å²) in [6, 6.07) is 1.50. The number of sulfonamides is 1. The molecule has 2 aromatic heterocycles. The summed E-state index contributed by atoms with van der Waals surface area (Å²) in [5.41, 5.74) is 0.882. The highest BCUT2D eigenvalue weighted by atomic mass is 32.2. The molecule has 1 saturated heterocycles. The molecule has 2 aromatic rings. The van der Waals surface area contributed by atoms with Crippen molar-refractivity contribution in [3.05, 3.63) is 34.3 Å². The minimum Gasteiger partial charge on any atom is -0.379 e. The van der Waals surface area contributed by atoms with Crippen LogP contribution in [0.15, 0.2) is 28.7 Å². The summed E-state index contributed by atoms with van der Waals surface area (Å²) in [6.45, 7) is 1.71. The quantitative estimate of drug-likeness (QED) is 0.760. The van der Waals surface area contributed by atoms with Gasteiger partial charge in [-0.05, 0) is 11.4 Å². The second-order valence-corrected chi connectivity index (χ2v) is 8.64. The molecule has 0 atom stereocenters. The molecule has 1 aliphatic heterocycles. The predicted octanol–water partition coefficient (Wildman–Crippen LogP) is 0.775. The average molecular weight is 384 g/mol. The summed E-state index contributed by atoms with van der Waals surface area (Å²) in [6.07, 6.45) is 3.51. The van der Waals surface area contributed by atoms with E-state index in [2.05, 4.69) is 5.10 Å². The van der Waals surface area contributed by atoms with Gasteiger partial charge in [-0.25, -0.2) is 8.42 Å². The Labute approximate surface area is 150 Å². The van der Waals surface area contributed by atoms with Gasteiger partial charge >= 0.3 is 0 Å². The molecular weight excluding hydrogens is 364 g/mol. The van der Waals surface area contributed by atoms with E-state index in [1.807, 2.05) is 6.20 Å². The van der Waals surface area contributed by atoms with Crippen molar-refractivity contribution in [3.8, 4) is 0 Å². The number of hydrogen-bond donors (Lipinski definition) is 0. The maximum atomic E-state index is 12.9. The fourth-order valence-electron chi connectivity index (χ4n) is 2.66. The number of hydrogen-bond acceptors (Lipinski definition) is 6. The molecule has 0 saturated carbocycles. The summed E-state index contributed by atoms with van der Waals surface area (Å²) in [7, 11) is -0.241. The second-order valence-electron chi connectivity index (χ2n) is 5.81. The molecule has 0 aliphatic carbocycles. The standard InChI is InChI=1S/C15H20N4O4S2/c1-17(10-12-9-16-18(2)11-12)15(20)14-13(3-8-24-14)25(21,22)19-4-6-23-7-5-19/h3,8-9,11H,4-7,10H2,1-2H3. The number of thiophene rings is 1. The molecule has 0 spiro atoms. The average Bonchev–Trinajstić information content (AvgIpc) is 3.24. The Hall–Kier alpha value is -1.75. The Morgan fingerprint density at radius 2 is 2.12 bits per heavy atom. The fourth-order valence-corrected chi connectivity index (χ4v) is 5.45. The third-order valence-electron chi connectivity index (χ3n) is 3.94. The highest BCUT2D eigenvalue weighted by Crippen LogP contribution is 2.27. The van der Waals surface area contributed by atoms with E-state index in [1.54, 1.807) is 30.4 Å². The molecule has 25 heavy (non-hydrogen) atoms. The molecule has 0 bridgehead atoms. The molecule has 136 valence electrons. The van der Waals surface area contributed by atoms with Crippen LogP contribution in [0, 0.1) is 0 Å². The van der Waals surface area contributed by atoms with Crippen molar-refractivity contribution in [1.29, 1.82) is 0 Å². The van der Waals surface area contributed by atoms with Crippen molar-refractivity contribution in [1.82, 2.24) is 19.0 Å². The van der Waals surface area contributed by atoms with E-state index in [9.17, 15) is 13.2 Å². The molecule has 10 heteroatoms. The molecule has 0 radical (unpaired) electrons. The van der Waals surface area contributed by atoms with Crippen LogP contribution in [0.4, 0.5) is 0 Å². The summed E-state index contributed by atoms with van der Waals surface area (Å²) in [5, 5.41) is 5.71. The SMILES string of the molecule is CN(Cc1cnn(C)c1)C(=O)c1sccc1S(=O)(=O)N1CCOCC1. The van der Waals surface area contributed by atoms with E-state index >= 15 is 0 Å². The van der Waals surface area contributed by atoms with Crippen molar-refractivity contribution in [2.75, 3.05) is 33.4 Å². The van der Waals surface area contributed by atoms with Gasteiger partial charge in [-0.2, -0.15) is 9.40 Å². The van der Waals surface area contributed by atoms with Gasteiger partial charge in [-0.15, -0.1) is 11.3 Å². The number of morpholine rings is 1. The Morgan fingerprint density at radius 3 is 2.76 bits per heavy atom. The molecular formula is C15H20N4O4S2. The van der Waals surface area contributed by atoms with E-state index in [-0.39, 0.29) is 15.7 Å². The monoisotopic (exact) mass is 384 g/mol. The Balaban J connectivity index is 1.81. The maximum absolute atomic E-state index is 12.9. The Bertz CT molecular complexity index is 853. The number of aryl methyl sites for hydroxylation is 1. The first-order chi connectivity index (χ1) is 11.9. The first-order valence-electron chi connectivity index (χ1n) is 7.78. The predicted molar refractivity (Wildman–Crippen MR) is 92.9 cm³/mol. The number of carbonyl (C=O) groups is 1. The lowest BCUT2D eigenvalue weighted by atomic mass is 10.3. The smallest absolute Gasteiger partial charge is 0.265 e. The van der Waals surface area contributed by atoms with E-state index in [0.29, 0.717) is 32.8 Å². The molecule has 3 heterocycles. The molecule has 1 fully saturated rings. The normalized spacial score (nSPS) is 16.1. The topological polar surface area (TPSA) is 84.7 Å². The van der Waals surface area contributed by atoms with E-state index in [4.69, 9.17) is 4.74 Å².